The Morgan fingerprint density at radius 1 is 1.11 bits per heavy atom. The molecule has 2 aliphatic rings. The second-order valence-corrected chi connectivity index (χ2v) is 5.37. The molecule has 0 aromatic heterocycles. The van der Waals surface area contributed by atoms with Gasteiger partial charge in [0.1, 0.15) is 5.78 Å². The van der Waals surface area contributed by atoms with Crippen molar-refractivity contribution in [2.75, 3.05) is 52.5 Å². The van der Waals surface area contributed by atoms with Gasteiger partial charge >= 0.3 is 0 Å². The number of hydrogen-bond acceptors (Lipinski definition) is 5. The van der Waals surface area contributed by atoms with Gasteiger partial charge in [-0.05, 0) is 25.9 Å². The fourth-order valence-corrected chi connectivity index (χ4v) is 2.81. The number of nitriles is 1. The fraction of sp³-hybridized carbons (Fsp3) is 0.857. The second-order valence-electron chi connectivity index (χ2n) is 5.37. The van der Waals surface area contributed by atoms with Gasteiger partial charge in [-0.1, -0.05) is 0 Å². The van der Waals surface area contributed by atoms with Gasteiger partial charge in [0.05, 0.1) is 25.7 Å². The highest BCUT2D eigenvalue weighted by Crippen LogP contribution is 2.19. The molecule has 5 nitrogen and oxygen atoms in total. The quantitative estimate of drug-likeness (QED) is 0.725. The molecule has 106 valence electrons. The van der Waals surface area contributed by atoms with E-state index >= 15 is 0 Å². The van der Waals surface area contributed by atoms with E-state index < -0.39 is 0 Å². The molecule has 0 bridgehead atoms. The summed E-state index contributed by atoms with van der Waals surface area (Å²) in [5.41, 5.74) is 0. The van der Waals surface area contributed by atoms with E-state index in [-0.39, 0.29) is 18.1 Å². The second kappa shape index (κ2) is 7.59. The van der Waals surface area contributed by atoms with E-state index in [1.165, 1.54) is 0 Å². The van der Waals surface area contributed by atoms with Crippen molar-refractivity contribution in [1.82, 2.24) is 9.80 Å². The molecule has 2 heterocycles. The molecule has 2 aliphatic heterocycles. The summed E-state index contributed by atoms with van der Waals surface area (Å²) in [5, 5.41) is 8.55. The fourth-order valence-electron chi connectivity index (χ4n) is 2.81. The Morgan fingerprint density at radius 3 is 2.26 bits per heavy atom. The molecule has 0 N–H and O–H groups in total. The summed E-state index contributed by atoms with van der Waals surface area (Å²) in [5.74, 6) is 0.259. The minimum absolute atomic E-state index is 0.0818. The molecule has 0 radical (unpaired) electrons. The van der Waals surface area contributed by atoms with Crippen molar-refractivity contribution in [2.45, 2.75) is 19.3 Å². The van der Waals surface area contributed by atoms with E-state index in [0.717, 1.165) is 65.3 Å². The van der Waals surface area contributed by atoms with Gasteiger partial charge in [-0.25, -0.2) is 0 Å². The Bertz CT molecular complexity index is 326. The maximum atomic E-state index is 11.6. The monoisotopic (exact) mass is 265 g/mol. The third kappa shape index (κ3) is 4.57. The summed E-state index contributed by atoms with van der Waals surface area (Å²) in [6.45, 7) is 7.95. The van der Waals surface area contributed by atoms with Crippen LogP contribution in [0, 0.1) is 17.2 Å². The summed E-state index contributed by atoms with van der Waals surface area (Å²) < 4.78 is 5.34. The normalized spacial score (nSPS) is 23.1. The van der Waals surface area contributed by atoms with Gasteiger partial charge in [0.2, 0.25) is 0 Å². The van der Waals surface area contributed by atoms with Crippen molar-refractivity contribution >= 4 is 5.78 Å². The first-order chi connectivity index (χ1) is 9.29. The van der Waals surface area contributed by atoms with E-state index in [1.807, 2.05) is 6.07 Å². The molecule has 2 fully saturated rings. The van der Waals surface area contributed by atoms with Crippen molar-refractivity contribution in [1.29, 1.82) is 5.26 Å². The van der Waals surface area contributed by atoms with Crippen LogP contribution < -0.4 is 0 Å². The molecule has 0 aromatic carbocycles. The minimum atomic E-state index is 0.0818. The molecular weight excluding hydrogens is 242 g/mol. The van der Waals surface area contributed by atoms with Crippen LogP contribution in [0.2, 0.25) is 0 Å². The third-order valence-electron chi connectivity index (χ3n) is 4.13. The highest BCUT2D eigenvalue weighted by Gasteiger charge is 2.24. The molecule has 0 aromatic rings. The molecule has 0 aliphatic carbocycles. The minimum Gasteiger partial charge on any atom is -0.379 e. The molecule has 2 rings (SSSR count). The largest absolute Gasteiger partial charge is 0.379 e. The topological polar surface area (TPSA) is 56.6 Å². The van der Waals surface area contributed by atoms with Crippen molar-refractivity contribution in [3.8, 4) is 6.07 Å². The van der Waals surface area contributed by atoms with Crippen LogP contribution in [0.15, 0.2) is 0 Å². The SMILES string of the molecule is N#CCC(=O)C1CCN(CCN2CCOCC2)CC1. The first-order valence-corrected chi connectivity index (χ1v) is 7.21. The Balaban J connectivity index is 1.63. The number of Topliss-reactive ketones (excluding diaryl/α,β-unsaturated/α-hetero) is 1. The van der Waals surface area contributed by atoms with Crippen LogP contribution in [0.25, 0.3) is 0 Å². The summed E-state index contributed by atoms with van der Waals surface area (Å²) in [7, 11) is 0. The molecular formula is C14H23N3O2. The van der Waals surface area contributed by atoms with Crippen LogP contribution in [0.3, 0.4) is 0 Å². The van der Waals surface area contributed by atoms with Crippen molar-refractivity contribution in [3.05, 3.63) is 0 Å². The van der Waals surface area contributed by atoms with Crippen LogP contribution in [-0.4, -0.2) is 68.1 Å². The molecule has 0 atom stereocenters. The van der Waals surface area contributed by atoms with Gasteiger partial charge < -0.3 is 9.64 Å². The van der Waals surface area contributed by atoms with Gasteiger partial charge in [-0.15, -0.1) is 0 Å². The van der Waals surface area contributed by atoms with Crippen molar-refractivity contribution in [2.24, 2.45) is 5.92 Å². The molecule has 2 saturated heterocycles. The molecule has 0 saturated carbocycles. The van der Waals surface area contributed by atoms with Gasteiger partial charge in [-0.2, -0.15) is 5.26 Å². The number of morpholine rings is 1. The Kier molecular flexibility index (Phi) is 5.77. The zero-order valence-corrected chi connectivity index (χ0v) is 11.5. The molecule has 19 heavy (non-hydrogen) atoms. The summed E-state index contributed by atoms with van der Waals surface area (Å²) in [6, 6.07) is 1.96. The van der Waals surface area contributed by atoms with Crippen LogP contribution in [0.5, 0.6) is 0 Å². The number of ketones is 1. The number of carbonyl (C=O) groups excluding carboxylic acids is 1. The lowest BCUT2D eigenvalue weighted by atomic mass is 9.91. The molecule has 5 heteroatoms. The maximum absolute atomic E-state index is 11.6. The average Bonchev–Trinajstić information content (AvgIpc) is 2.47. The predicted octanol–water partition coefficient (Wildman–Crippen LogP) is 0.513. The Labute approximate surface area is 115 Å². The van der Waals surface area contributed by atoms with E-state index in [2.05, 4.69) is 9.80 Å². The van der Waals surface area contributed by atoms with E-state index in [9.17, 15) is 4.79 Å². The smallest absolute Gasteiger partial charge is 0.150 e. The molecule has 0 unspecified atom stereocenters. The van der Waals surface area contributed by atoms with Gasteiger partial charge in [0.15, 0.2) is 0 Å². The third-order valence-corrected chi connectivity index (χ3v) is 4.13. The number of ether oxygens (including phenoxy) is 1. The summed E-state index contributed by atoms with van der Waals surface area (Å²) in [6.07, 6.45) is 1.92. The lowest BCUT2D eigenvalue weighted by Gasteiger charge is -2.33. The Hall–Kier alpha value is -0.960. The number of piperidine rings is 1. The summed E-state index contributed by atoms with van der Waals surface area (Å²) >= 11 is 0. The first-order valence-electron chi connectivity index (χ1n) is 7.21. The number of carbonyl (C=O) groups is 1. The average molecular weight is 265 g/mol. The number of nitrogens with zero attached hydrogens (tertiary/aromatic N) is 3. The highest BCUT2D eigenvalue weighted by atomic mass is 16.5. The number of rotatable bonds is 5. The van der Waals surface area contributed by atoms with Crippen LogP contribution in [0.4, 0.5) is 0 Å². The lowest BCUT2D eigenvalue weighted by Crippen LogP contribution is -2.44. The zero-order chi connectivity index (χ0) is 13.5. The van der Waals surface area contributed by atoms with Crippen LogP contribution in [-0.2, 0) is 9.53 Å². The van der Waals surface area contributed by atoms with Crippen molar-refractivity contribution in [3.63, 3.8) is 0 Å². The Morgan fingerprint density at radius 2 is 1.68 bits per heavy atom. The predicted molar refractivity (Wildman–Crippen MR) is 71.7 cm³/mol. The highest BCUT2D eigenvalue weighted by molar-refractivity contribution is 5.82. The number of likely N-dealkylation sites (tertiary alicyclic amines) is 1. The lowest BCUT2D eigenvalue weighted by molar-refractivity contribution is -0.123. The zero-order valence-electron chi connectivity index (χ0n) is 11.5. The van der Waals surface area contributed by atoms with Crippen LogP contribution in [0.1, 0.15) is 19.3 Å². The van der Waals surface area contributed by atoms with Crippen molar-refractivity contribution < 1.29 is 9.53 Å². The molecule has 0 amide bonds. The molecule has 0 spiro atoms. The number of hydrogen-bond donors (Lipinski definition) is 0. The summed E-state index contributed by atoms with van der Waals surface area (Å²) in [4.78, 5) is 16.5. The van der Waals surface area contributed by atoms with E-state index in [4.69, 9.17) is 10.00 Å². The standard InChI is InChI=1S/C14H23N3O2/c15-4-1-14(18)13-2-5-16(6-3-13)7-8-17-9-11-19-12-10-17/h13H,1-3,5-12H2. The van der Waals surface area contributed by atoms with Gasteiger partial charge in [0.25, 0.3) is 0 Å². The van der Waals surface area contributed by atoms with Crippen LogP contribution >= 0.6 is 0 Å². The first kappa shape index (κ1) is 14.4. The maximum Gasteiger partial charge on any atom is 0.150 e. The van der Waals surface area contributed by atoms with E-state index in [1.54, 1.807) is 0 Å². The van der Waals surface area contributed by atoms with Gasteiger partial charge in [0, 0.05) is 32.1 Å². The van der Waals surface area contributed by atoms with Gasteiger partial charge in [-0.3, -0.25) is 9.69 Å². The van der Waals surface area contributed by atoms with E-state index in [0.29, 0.717) is 0 Å².